The molecule has 2 aliphatic rings. The van der Waals surface area contributed by atoms with E-state index < -0.39 is 5.41 Å². The molecule has 1 aromatic rings. The molecule has 3 rings (SSSR count). The Kier molecular flexibility index (Phi) is 3.87. The summed E-state index contributed by atoms with van der Waals surface area (Å²) < 4.78 is 10.6. The van der Waals surface area contributed by atoms with Gasteiger partial charge in [-0.15, -0.1) is 11.8 Å². The molecule has 22 heavy (non-hydrogen) atoms. The number of ether oxygens (including phenoxy) is 2. The van der Waals surface area contributed by atoms with Gasteiger partial charge in [0.15, 0.2) is 5.88 Å². The van der Waals surface area contributed by atoms with E-state index >= 15 is 0 Å². The Morgan fingerprint density at radius 1 is 1.23 bits per heavy atom. The van der Waals surface area contributed by atoms with Crippen molar-refractivity contribution < 1.29 is 14.3 Å². The molecule has 0 aromatic heterocycles. The number of carbonyl (C=O) groups is 1. The summed E-state index contributed by atoms with van der Waals surface area (Å²) >= 11 is 1.53. The average Bonchev–Trinajstić information content (AvgIpc) is 3.10. The molecule has 0 fully saturated rings. The molecule has 5 nitrogen and oxygen atoms in total. The maximum atomic E-state index is 13.1. The molecule has 1 unspecified atom stereocenters. The summed E-state index contributed by atoms with van der Waals surface area (Å²) in [6.07, 6.45) is 4.55. The van der Waals surface area contributed by atoms with E-state index in [-0.39, 0.29) is 5.91 Å². The second-order valence-corrected chi connectivity index (χ2v) is 5.93. The number of amides is 1. The lowest BCUT2D eigenvalue weighted by atomic mass is 9.88. The van der Waals surface area contributed by atoms with Crippen molar-refractivity contribution in [1.29, 1.82) is 0 Å². The van der Waals surface area contributed by atoms with Crippen LogP contribution in [0.15, 0.2) is 41.2 Å². The maximum Gasteiger partial charge on any atom is 0.250 e. The Hall–Kier alpha value is -1.95. The summed E-state index contributed by atoms with van der Waals surface area (Å²) in [6.45, 7) is 0.672. The number of hydrogen-bond acceptors (Lipinski definition) is 5. The van der Waals surface area contributed by atoms with Gasteiger partial charge >= 0.3 is 0 Å². The van der Waals surface area contributed by atoms with Gasteiger partial charge in [0, 0.05) is 6.54 Å². The van der Waals surface area contributed by atoms with E-state index in [1.807, 2.05) is 36.6 Å². The van der Waals surface area contributed by atoms with Crippen molar-refractivity contribution in [3.05, 3.63) is 36.2 Å². The molecule has 0 aliphatic carbocycles. The molecule has 2 aliphatic heterocycles. The van der Waals surface area contributed by atoms with Crippen LogP contribution in [0.2, 0.25) is 0 Å². The van der Waals surface area contributed by atoms with Crippen LogP contribution in [0.4, 0.5) is 5.69 Å². The monoisotopic (exact) mass is 318 g/mol. The summed E-state index contributed by atoms with van der Waals surface area (Å²) in [5.74, 6) is 1.30. The van der Waals surface area contributed by atoms with E-state index in [1.165, 1.54) is 11.8 Å². The Morgan fingerprint density at radius 3 is 2.55 bits per heavy atom. The van der Waals surface area contributed by atoms with Crippen molar-refractivity contribution in [3.8, 4) is 5.75 Å². The Morgan fingerprint density at radius 2 is 1.95 bits per heavy atom. The third-order valence-corrected chi connectivity index (χ3v) is 4.93. The number of hydrogen-bond donors (Lipinski definition) is 0. The number of aliphatic imine (C=N–C) groups is 1. The van der Waals surface area contributed by atoms with E-state index in [0.717, 1.165) is 16.5 Å². The zero-order valence-corrected chi connectivity index (χ0v) is 13.6. The van der Waals surface area contributed by atoms with Gasteiger partial charge in [-0.1, -0.05) is 0 Å². The van der Waals surface area contributed by atoms with Crippen molar-refractivity contribution >= 4 is 28.4 Å². The van der Waals surface area contributed by atoms with Crippen LogP contribution < -0.4 is 9.64 Å². The van der Waals surface area contributed by atoms with Crippen LogP contribution in [0, 0.1) is 5.41 Å². The average molecular weight is 318 g/mol. The number of methoxy groups -OCH3 is 2. The first-order valence-corrected chi connectivity index (χ1v) is 8.23. The molecule has 2 heterocycles. The topological polar surface area (TPSA) is 51.1 Å². The highest BCUT2D eigenvalue weighted by molar-refractivity contribution is 8.13. The molecule has 0 saturated carbocycles. The van der Waals surface area contributed by atoms with Gasteiger partial charge in [-0.05, 0) is 43.0 Å². The van der Waals surface area contributed by atoms with E-state index in [1.54, 1.807) is 19.1 Å². The van der Waals surface area contributed by atoms with Crippen molar-refractivity contribution in [2.75, 3.05) is 31.9 Å². The van der Waals surface area contributed by atoms with Crippen LogP contribution in [0.25, 0.3) is 0 Å². The lowest BCUT2D eigenvalue weighted by molar-refractivity contribution is -0.121. The first-order chi connectivity index (χ1) is 10.7. The molecular formula is C16H18N2O3S. The minimum absolute atomic E-state index is 0.000108. The van der Waals surface area contributed by atoms with E-state index in [4.69, 9.17) is 9.47 Å². The van der Waals surface area contributed by atoms with Gasteiger partial charge in [-0.2, -0.15) is 0 Å². The lowest BCUT2D eigenvalue weighted by Crippen LogP contribution is -2.39. The molecule has 0 saturated heterocycles. The molecule has 116 valence electrons. The number of nitrogens with zero attached hydrogens (tertiary/aromatic N) is 2. The summed E-state index contributed by atoms with van der Waals surface area (Å²) in [5, 5.41) is 0.864. The van der Waals surface area contributed by atoms with Gasteiger partial charge in [-0.25, -0.2) is 0 Å². The van der Waals surface area contributed by atoms with Crippen molar-refractivity contribution in [3.63, 3.8) is 0 Å². The van der Waals surface area contributed by atoms with Crippen molar-refractivity contribution in [1.82, 2.24) is 0 Å². The minimum Gasteiger partial charge on any atom is -0.497 e. The fourth-order valence-corrected chi connectivity index (χ4v) is 3.76. The zero-order valence-electron chi connectivity index (χ0n) is 12.8. The van der Waals surface area contributed by atoms with Crippen LogP contribution in [0.1, 0.15) is 6.42 Å². The van der Waals surface area contributed by atoms with Crippen LogP contribution in [-0.2, 0) is 9.53 Å². The third-order valence-electron chi connectivity index (χ3n) is 4.05. The van der Waals surface area contributed by atoms with Gasteiger partial charge < -0.3 is 9.47 Å². The van der Waals surface area contributed by atoms with E-state index in [0.29, 0.717) is 18.8 Å². The quantitative estimate of drug-likeness (QED) is 0.860. The van der Waals surface area contributed by atoms with Crippen LogP contribution in [0.5, 0.6) is 5.75 Å². The summed E-state index contributed by atoms with van der Waals surface area (Å²) in [4.78, 5) is 19.2. The third kappa shape index (κ3) is 2.09. The molecular weight excluding hydrogens is 300 g/mol. The predicted octanol–water partition coefficient (Wildman–Crippen LogP) is 2.68. The first kappa shape index (κ1) is 15.0. The summed E-state index contributed by atoms with van der Waals surface area (Å²) in [5.41, 5.74) is 0.105. The Balaban J connectivity index is 2.00. The van der Waals surface area contributed by atoms with Gasteiger partial charge in [0.1, 0.15) is 11.2 Å². The fourth-order valence-electron chi connectivity index (χ4n) is 2.92. The minimum atomic E-state index is -0.662. The van der Waals surface area contributed by atoms with Gasteiger partial charge in [-0.3, -0.25) is 14.7 Å². The number of rotatable bonds is 3. The van der Waals surface area contributed by atoms with Crippen LogP contribution >= 0.6 is 11.8 Å². The Labute approximate surface area is 134 Å². The molecule has 1 atom stereocenters. The Bertz CT molecular complexity index is 654. The van der Waals surface area contributed by atoms with Crippen LogP contribution in [0.3, 0.4) is 0 Å². The molecule has 1 spiro atoms. The second-order valence-electron chi connectivity index (χ2n) is 5.14. The SMILES string of the molecule is COC1=CC2(CCN=C2SC)C(=O)N1c1ccc(OC)cc1. The molecule has 0 bridgehead atoms. The first-order valence-electron chi connectivity index (χ1n) is 7.00. The standard InChI is InChI=1S/C16H18N2O3S/c1-20-12-6-4-11(5-7-12)18-13(21-2)10-16(15(18)19)8-9-17-14(16)22-3/h4-7,10H,8-9H2,1-3H3. The smallest absolute Gasteiger partial charge is 0.250 e. The van der Waals surface area contributed by atoms with E-state index in [9.17, 15) is 4.79 Å². The summed E-state index contributed by atoms with van der Waals surface area (Å²) in [6, 6.07) is 7.37. The van der Waals surface area contributed by atoms with E-state index in [2.05, 4.69) is 4.99 Å². The molecule has 0 N–H and O–H groups in total. The number of thioether (sulfide) groups is 1. The number of carbonyl (C=O) groups excluding carboxylic acids is 1. The molecule has 0 radical (unpaired) electrons. The van der Waals surface area contributed by atoms with Crippen molar-refractivity contribution in [2.24, 2.45) is 10.4 Å². The van der Waals surface area contributed by atoms with Gasteiger partial charge in [0.25, 0.3) is 5.91 Å². The second kappa shape index (κ2) is 5.68. The van der Waals surface area contributed by atoms with Crippen LogP contribution in [-0.4, -0.2) is 38.0 Å². The maximum absolute atomic E-state index is 13.1. The highest BCUT2D eigenvalue weighted by Crippen LogP contribution is 2.45. The predicted molar refractivity (Wildman–Crippen MR) is 88.4 cm³/mol. The largest absolute Gasteiger partial charge is 0.497 e. The highest BCUT2D eigenvalue weighted by Gasteiger charge is 2.53. The van der Waals surface area contributed by atoms with Gasteiger partial charge in [0.2, 0.25) is 0 Å². The molecule has 6 heteroatoms. The fraction of sp³-hybridized carbons (Fsp3) is 0.375. The van der Waals surface area contributed by atoms with Crippen molar-refractivity contribution in [2.45, 2.75) is 6.42 Å². The lowest BCUT2D eigenvalue weighted by Gasteiger charge is -2.24. The normalized spacial score (nSPS) is 23.8. The summed E-state index contributed by atoms with van der Waals surface area (Å²) in [7, 11) is 3.20. The molecule has 1 amide bonds. The molecule has 1 aromatic carbocycles. The number of anilines is 1. The van der Waals surface area contributed by atoms with Gasteiger partial charge in [0.05, 0.1) is 25.0 Å². The highest BCUT2D eigenvalue weighted by atomic mass is 32.2. The number of benzene rings is 1. The zero-order chi connectivity index (χ0) is 15.7.